The van der Waals surface area contributed by atoms with Crippen LogP contribution in [-0.4, -0.2) is 23.2 Å². The SMILES string of the molecule is N#[N+]c1ccc(C(=O)O)cc1.O=C([O-])C(F)(F)F. The fourth-order valence-corrected chi connectivity index (χ4v) is 0.671. The minimum Gasteiger partial charge on any atom is -0.542 e. The molecule has 0 aliphatic rings. The lowest BCUT2D eigenvalue weighted by Crippen LogP contribution is -2.37. The molecule has 0 saturated heterocycles. The van der Waals surface area contributed by atoms with Gasteiger partial charge in [-0.15, -0.1) is 0 Å². The molecule has 1 rings (SSSR count). The highest BCUT2D eigenvalue weighted by molar-refractivity contribution is 5.87. The van der Waals surface area contributed by atoms with Gasteiger partial charge >= 0.3 is 17.8 Å². The van der Waals surface area contributed by atoms with Gasteiger partial charge in [0.15, 0.2) is 4.98 Å². The number of carbonyl (C=O) groups is 2. The van der Waals surface area contributed by atoms with Crippen molar-refractivity contribution in [1.82, 2.24) is 0 Å². The van der Waals surface area contributed by atoms with Gasteiger partial charge in [0.05, 0.1) is 5.56 Å². The summed E-state index contributed by atoms with van der Waals surface area (Å²) in [6, 6.07) is 5.58. The van der Waals surface area contributed by atoms with Crippen molar-refractivity contribution in [2.45, 2.75) is 6.18 Å². The number of rotatable bonds is 1. The van der Waals surface area contributed by atoms with Crippen LogP contribution in [0.1, 0.15) is 10.4 Å². The molecule has 0 radical (unpaired) electrons. The first-order valence-electron chi connectivity index (χ1n) is 4.15. The lowest BCUT2D eigenvalue weighted by molar-refractivity contribution is -0.344. The van der Waals surface area contributed by atoms with Crippen molar-refractivity contribution in [2.24, 2.45) is 0 Å². The van der Waals surface area contributed by atoms with Crippen molar-refractivity contribution >= 4 is 17.6 Å². The summed E-state index contributed by atoms with van der Waals surface area (Å²) in [6.07, 6.45) is -5.19. The molecule has 0 bridgehead atoms. The fourth-order valence-electron chi connectivity index (χ4n) is 0.671. The summed E-state index contributed by atoms with van der Waals surface area (Å²) in [5, 5.41) is 25.5. The molecule has 0 aromatic heterocycles. The summed E-state index contributed by atoms with van der Waals surface area (Å²) >= 11 is 0. The van der Waals surface area contributed by atoms with Crippen LogP contribution in [0, 0.1) is 5.39 Å². The molecule has 6 nitrogen and oxygen atoms in total. The van der Waals surface area contributed by atoms with Crippen molar-refractivity contribution in [2.75, 3.05) is 0 Å². The number of nitrogens with zero attached hydrogens (tertiary/aromatic N) is 2. The molecule has 0 aliphatic heterocycles. The Bertz CT molecular complexity index is 476. The van der Waals surface area contributed by atoms with Crippen LogP contribution in [0.4, 0.5) is 18.9 Å². The summed E-state index contributed by atoms with van der Waals surface area (Å²) in [5.41, 5.74) is 0.521. The van der Waals surface area contributed by atoms with E-state index in [4.69, 9.17) is 20.4 Å². The monoisotopic (exact) mass is 262 g/mol. The second-order valence-corrected chi connectivity index (χ2v) is 2.74. The van der Waals surface area contributed by atoms with E-state index in [-0.39, 0.29) is 5.56 Å². The predicted octanol–water partition coefficient (Wildman–Crippen LogP) is 1.17. The Balaban J connectivity index is 0.000000360. The quantitative estimate of drug-likeness (QED) is 0.764. The third-order valence-electron chi connectivity index (χ3n) is 1.46. The van der Waals surface area contributed by atoms with Gasteiger partial charge in [-0.2, -0.15) is 13.2 Å². The van der Waals surface area contributed by atoms with Crippen molar-refractivity contribution < 1.29 is 33.0 Å². The minimum absolute atomic E-state index is 0.178. The summed E-state index contributed by atoms with van der Waals surface area (Å²) in [6.45, 7) is 0. The molecule has 96 valence electrons. The molecule has 0 aliphatic carbocycles. The maximum atomic E-state index is 10.5. The third-order valence-corrected chi connectivity index (χ3v) is 1.46. The average molecular weight is 262 g/mol. The Morgan fingerprint density at radius 1 is 1.22 bits per heavy atom. The maximum absolute atomic E-state index is 10.5. The Morgan fingerprint density at radius 2 is 1.61 bits per heavy atom. The number of benzene rings is 1. The Kier molecular flexibility index (Phi) is 5.29. The lowest BCUT2D eigenvalue weighted by atomic mass is 10.2. The Morgan fingerprint density at radius 3 is 1.83 bits per heavy atom. The van der Waals surface area contributed by atoms with E-state index >= 15 is 0 Å². The van der Waals surface area contributed by atoms with E-state index < -0.39 is 18.1 Å². The van der Waals surface area contributed by atoms with Crippen LogP contribution in [0.2, 0.25) is 0 Å². The number of aliphatic carboxylic acids is 1. The Hall–Kier alpha value is -2.63. The number of hydrogen-bond donors (Lipinski definition) is 1. The first-order valence-corrected chi connectivity index (χ1v) is 4.15. The first kappa shape index (κ1) is 15.4. The zero-order valence-electron chi connectivity index (χ0n) is 8.51. The highest BCUT2D eigenvalue weighted by atomic mass is 19.4. The molecule has 0 fully saturated rings. The van der Waals surface area contributed by atoms with Gasteiger partial charge in [0.25, 0.3) is 0 Å². The molecule has 9 heteroatoms. The van der Waals surface area contributed by atoms with Crippen molar-refractivity contribution in [1.29, 1.82) is 5.39 Å². The van der Waals surface area contributed by atoms with Gasteiger partial charge in [-0.3, -0.25) is 0 Å². The molecular weight excluding hydrogens is 257 g/mol. The van der Waals surface area contributed by atoms with Crippen molar-refractivity contribution in [3.05, 3.63) is 34.8 Å². The molecular formula is C9H5F3N2O4. The number of carboxylic acids is 2. The molecule has 1 N–H and O–H groups in total. The second kappa shape index (κ2) is 6.19. The van der Waals surface area contributed by atoms with Gasteiger partial charge < -0.3 is 15.0 Å². The van der Waals surface area contributed by atoms with E-state index in [1.807, 2.05) is 0 Å². The minimum atomic E-state index is -5.19. The number of aromatic carboxylic acids is 1. The number of carboxylic acid groups (broad SMARTS) is 2. The van der Waals surface area contributed by atoms with Gasteiger partial charge in [-0.25, -0.2) is 4.79 Å². The van der Waals surface area contributed by atoms with Gasteiger partial charge in [0, 0.05) is 12.1 Å². The normalized spacial score (nSPS) is 9.67. The van der Waals surface area contributed by atoms with Crippen LogP contribution >= 0.6 is 0 Å². The third kappa shape index (κ3) is 5.45. The van der Waals surface area contributed by atoms with E-state index in [0.29, 0.717) is 5.69 Å². The molecule has 0 amide bonds. The van der Waals surface area contributed by atoms with E-state index in [2.05, 4.69) is 4.98 Å². The standard InChI is InChI=1S/C7H4N2O2.C2HF3O2/c8-9-6-3-1-5(2-4-6)7(10)11;3-2(4,5)1(6)7/h1-4H;(H,6,7). The molecule has 0 atom stereocenters. The largest absolute Gasteiger partial charge is 0.542 e. The van der Waals surface area contributed by atoms with E-state index in [9.17, 15) is 18.0 Å². The summed E-state index contributed by atoms with van der Waals surface area (Å²) in [5.74, 6) is -4.00. The van der Waals surface area contributed by atoms with E-state index in [0.717, 1.165) is 0 Å². The first-order chi connectivity index (χ1) is 8.18. The number of halogens is 3. The van der Waals surface area contributed by atoms with Crippen LogP contribution in [0.5, 0.6) is 0 Å². The zero-order valence-corrected chi connectivity index (χ0v) is 8.51. The lowest BCUT2D eigenvalue weighted by Gasteiger charge is -2.03. The summed E-state index contributed by atoms with van der Waals surface area (Å²) in [4.78, 5) is 22.0. The van der Waals surface area contributed by atoms with Crippen LogP contribution in [0.25, 0.3) is 4.98 Å². The van der Waals surface area contributed by atoms with Crippen LogP contribution in [0.3, 0.4) is 0 Å². The van der Waals surface area contributed by atoms with Gasteiger partial charge in [-0.1, -0.05) is 0 Å². The number of alkyl halides is 3. The van der Waals surface area contributed by atoms with Crippen molar-refractivity contribution in [3.63, 3.8) is 0 Å². The number of diazo groups is 1. The molecule has 0 heterocycles. The second-order valence-electron chi connectivity index (χ2n) is 2.74. The maximum Gasteiger partial charge on any atom is 0.430 e. The van der Waals surface area contributed by atoms with Crippen LogP contribution < -0.4 is 5.11 Å². The molecule has 1 aromatic rings. The van der Waals surface area contributed by atoms with Crippen LogP contribution in [0.15, 0.2) is 24.3 Å². The summed E-state index contributed by atoms with van der Waals surface area (Å²) < 4.78 is 31.5. The Labute approximate surface area is 97.9 Å². The number of carbonyl (C=O) groups excluding carboxylic acids is 1. The summed E-state index contributed by atoms with van der Waals surface area (Å²) in [7, 11) is 0. The van der Waals surface area contributed by atoms with Gasteiger partial charge in [0.2, 0.25) is 5.39 Å². The molecule has 0 saturated carbocycles. The van der Waals surface area contributed by atoms with Gasteiger partial charge in [0.1, 0.15) is 5.97 Å². The van der Waals surface area contributed by atoms with Crippen molar-refractivity contribution in [3.8, 4) is 0 Å². The van der Waals surface area contributed by atoms with E-state index in [1.54, 1.807) is 0 Å². The highest BCUT2D eigenvalue weighted by Crippen LogP contribution is 2.12. The highest BCUT2D eigenvalue weighted by Gasteiger charge is 2.28. The number of hydrogen-bond acceptors (Lipinski definition) is 4. The molecule has 0 unspecified atom stereocenters. The topological polar surface area (TPSA) is 106 Å². The molecule has 18 heavy (non-hydrogen) atoms. The predicted molar refractivity (Wildman–Crippen MR) is 49.2 cm³/mol. The van der Waals surface area contributed by atoms with Crippen LogP contribution in [-0.2, 0) is 4.79 Å². The smallest absolute Gasteiger partial charge is 0.430 e. The zero-order chi connectivity index (χ0) is 14.3. The molecule has 1 aromatic carbocycles. The van der Waals surface area contributed by atoms with Gasteiger partial charge in [-0.05, 0) is 12.1 Å². The molecule has 0 spiro atoms. The average Bonchev–Trinajstić information content (AvgIpc) is 2.28. The fraction of sp³-hybridized carbons (Fsp3) is 0.111. The van der Waals surface area contributed by atoms with E-state index in [1.165, 1.54) is 24.3 Å².